The van der Waals surface area contributed by atoms with Crippen molar-refractivity contribution in [3.05, 3.63) is 30.0 Å². The Balaban J connectivity index is 2.41. The van der Waals surface area contributed by atoms with E-state index in [-0.39, 0.29) is 5.57 Å². The lowest BCUT2D eigenvalue weighted by molar-refractivity contribution is 0.665. The summed E-state index contributed by atoms with van der Waals surface area (Å²) in [6.45, 7) is 0. The van der Waals surface area contributed by atoms with E-state index in [4.69, 9.17) is 10.5 Å². The van der Waals surface area contributed by atoms with Gasteiger partial charge in [-0.1, -0.05) is 6.07 Å². The largest absolute Gasteiger partial charge is 0.358 e. The van der Waals surface area contributed by atoms with Gasteiger partial charge in [0.25, 0.3) is 0 Å². The number of fused-ring (bicyclic) bond motifs is 1. The van der Waals surface area contributed by atoms with Crippen LogP contribution in [0.5, 0.6) is 0 Å². The van der Waals surface area contributed by atoms with Crippen LogP contribution in [0.15, 0.2) is 30.0 Å². The summed E-state index contributed by atoms with van der Waals surface area (Å²) in [6.07, 6.45) is 1.35. The summed E-state index contributed by atoms with van der Waals surface area (Å²) in [5.74, 6) is 0. The summed E-state index contributed by atoms with van der Waals surface area (Å²) < 4.78 is 0. The van der Waals surface area contributed by atoms with Crippen LogP contribution in [0, 0.1) is 22.7 Å². The van der Waals surface area contributed by atoms with Gasteiger partial charge in [0.15, 0.2) is 0 Å². The van der Waals surface area contributed by atoms with Gasteiger partial charge in [0.1, 0.15) is 28.7 Å². The Bertz CT molecular complexity index is 651. The number of rotatable bonds is 2. The van der Waals surface area contributed by atoms with E-state index in [1.54, 1.807) is 25.3 Å². The molecule has 2 aromatic rings. The van der Waals surface area contributed by atoms with Crippen molar-refractivity contribution in [3.63, 3.8) is 0 Å². The number of anilines is 1. The number of aryl methyl sites for hydroxylation is 1. The fourth-order valence-corrected chi connectivity index (χ4v) is 1.40. The molecule has 2 rings (SSSR count). The van der Waals surface area contributed by atoms with Crippen LogP contribution < -0.4 is 5.32 Å². The highest BCUT2D eigenvalue weighted by Crippen LogP contribution is 2.19. The molecule has 0 unspecified atom stereocenters. The van der Waals surface area contributed by atoms with E-state index in [2.05, 4.69) is 15.5 Å². The molecule has 0 saturated heterocycles. The van der Waals surface area contributed by atoms with Crippen molar-refractivity contribution in [1.29, 1.82) is 10.5 Å². The Kier molecular flexibility index (Phi) is 2.71. The molecule has 1 N–H and O–H groups in total. The summed E-state index contributed by atoms with van der Waals surface area (Å²) in [6, 6.07) is 9.01. The second kappa shape index (κ2) is 4.33. The quantitative estimate of drug-likeness (QED) is 0.776. The van der Waals surface area contributed by atoms with E-state index in [1.165, 1.54) is 11.0 Å². The van der Waals surface area contributed by atoms with E-state index < -0.39 is 0 Å². The first kappa shape index (κ1) is 10.7. The maximum absolute atomic E-state index is 8.61. The maximum atomic E-state index is 8.61. The number of hydrogen-bond acceptors (Lipinski definition) is 5. The average Bonchev–Trinajstić information content (AvgIpc) is 2.71. The van der Waals surface area contributed by atoms with E-state index in [0.717, 1.165) is 5.52 Å². The highest BCUT2D eigenvalue weighted by atomic mass is 15.5. The van der Waals surface area contributed by atoms with Crippen molar-refractivity contribution in [2.45, 2.75) is 0 Å². The van der Waals surface area contributed by atoms with Gasteiger partial charge in [0.05, 0.1) is 5.69 Å². The molecule has 0 aliphatic rings. The molecule has 1 heterocycles. The summed E-state index contributed by atoms with van der Waals surface area (Å²) in [5.41, 5.74) is 2.16. The first-order valence-electron chi connectivity index (χ1n) is 4.81. The number of hydrogen-bond donors (Lipinski definition) is 1. The minimum absolute atomic E-state index is 0.00546. The predicted octanol–water partition coefficient (Wildman–Crippen LogP) is 1.31. The Morgan fingerprint density at radius 1 is 1.35 bits per heavy atom. The predicted molar refractivity (Wildman–Crippen MR) is 61.4 cm³/mol. The van der Waals surface area contributed by atoms with Gasteiger partial charge in [0, 0.05) is 13.2 Å². The molecule has 0 amide bonds. The minimum atomic E-state index is 0.00546. The van der Waals surface area contributed by atoms with Gasteiger partial charge in [-0.2, -0.15) is 25.5 Å². The van der Waals surface area contributed by atoms with Crippen LogP contribution in [-0.2, 0) is 7.05 Å². The molecule has 0 aliphatic carbocycles. The van der Waals surface area contributed by atoms with Crippen molar-refractivity contribution >= 4 is 16.7 Å². The van der Waals surface area contributed by atoms with E-state index in [1.807, 2.05) is 12.1 Å². The van der Waals surface area contributed by atoms with Crippen LogP contribution in [-0.4, -0.2) is 15.0 Å². The lowest BCUT2D eigenvalue weighted by Crippen LogP contribution is -1.93. The molecule has 82 valence electrons. The van der Waals surface area contributed by atoms with Gasteiger partial charge < -0.3 is 5.32 Å². The molecule has 17 heavy (non-hydrogen) atoms. The van der Waals surface area contributed by atoms with Gasteiger partial charge in [-0.15, -0.1) is 0 Å². The van der Waals surface area contributed by atoms with Gasteiger partial charge in [-0.05, 0) is 12.1 Å². The summed E-state index contributed by atoms with van der Waals surface area (Å²) in [4.78, 5) is 1.47. The zero-order valence-electron chi connectivity index (χ0n) is 9.05. The molecule has 0 spiro atoms. The van der Waals surface area contributed by atoms with Gasteiger partial charge in [-0.25, -0.2) is 0 Å². The molecule has 0 aliphatic heterocycles. The van der Waals surface area contributed by atoms with Crippen LogP contribution in [0.4, 0.5) is 5.69 Å². The van der Waals surface area contributed by atoms with Crippen molar-refractivity contribution in [2.75, 3.05) is 5.32 Å². The second-order valence-electron chi connectivity index (χ2n) is 3.29. The molecule has 6 nitrogen and oxygen atoms in total. The Hall–Kier alpha value is -2.86. The van der Waals surface area contributed by atoms with Crippen LogP contribution in [0.1, 0.15) is 0 Å². The van der Waals surface area contributed by atoms with Crippen LogP contribution in [0.3, 0.4) is 0 Å². The maximum Gasteiger partial charge on any atom is 0.145 e. The molecular weight excluding hydrogens is 216 g/mol. The fraction of sp³-hybridized carbons (Fsp3) is 0.0909. The monoisotopic (exact) mass is 224 g/mol. The first-order valence-corrected chi connectivity index (χ1v) is 4.81. The summed E-state index contributed by atoms with van der Waals surface area (Å²) in [5, 5.41) is 28.4. The zero-order valence-corrected chi connectivity index (χ0v) is 9.05. The Labute approximate surface area is 97.4 Å². The molecule has 1 aromatic carbocycles. The molecule has 0 radical (unpaired) electrons. The van der Waals surface area contributed by atoms with Gasteiger partial charge >= 0.3 is 0 Å². The number of nitriles is 2. The summed E-state index contributed by atoms with van der Waals surface area (Å²) >= 11 is 0. The number of benzene rings is 1. The standard InChI is InChI=1S/C11H8N6/c1-17-15-10-4-2-3-9(11(10)16-17)14-7-8(5-12)6-13/h2-4,7,14H,1H3. The van der Waals surface area contributed by atoms with Crippen molar-refractivity contribution < 1.29 is 0 Å². The summed E-state index contributed by atoms with van der Waals surface area (Å²) in [7, 11) is 1.73. The number of nitrogens with one attached hydrogen (secondary N) is 1. The molecule has 0 fully saturated rings. The van der Waals surface area contributed by atoms with E-state index in [9.17, 15) is 0 Å². The third-order valence-electron chi connectivity index (χ3n) is 2.12. The third-order valence-corrected chi connectivity index (χ3v) is 2.12. The number of nitrogens with zero attached hydrogens (tertiary/aromatic N) is 5. The van der Waals surface area contributed by atoms with Crippen molar-refractivity contribution in [1.82, 2.24) is 15.0 Å². The Morgan fingerprint density at radius 3 is 2.82 bits per heavy atom. The van der Waals surface area contributed by atoms with E-state index >= 15 is 0 Å². The van der Waals surface area contributed by atoms with Gasteiger partial charge in [-0.3, -0.25) is 0 Å². The first-order chi connectivity index (χ1) is 8.24. The average molecular weight is 224 g/mol. The van der Waals surface area contributed by atoms with Crippen LogP contribution in [0.2, 0.25) is 0 Å². The van der Waals surface area contributed by atoms with Crippen LogP contribution >= 0.6 is 0 Å². The molecule has 0 atom stereocenters. The normalized spacial score (nSPS) is 9.35. The highest BCUT2D eigenvalue weighted by Gasteiger charge is 2.04. The SMILES string of the molecule is Cn1nc2cccc(NC=C(C#N)C#N)c2n1. The second-order valence-corrected chi connectivity index (χ2v) is 3.29. The Morgan fingerprint density at radius 2 is 2.12 bits per heavy atom. The third kappa shape index (κ3) is 2.06. The molecule has 0 bridgehead atoms. The van der Waals surface area contributed by atoms with Crippen LogP contribution in [0.25, 0.3) is 11.0 Å². The minimum Gasteiger partial charge on any atom is -0.358 e. The highest BCUT2D eigenvalue weighted by molar-refractivity contribution is 5.87. The fourth-order valence-electron chi connectivity index (χ4n) is 1.40. The lowest BCUT2D eigenvalue weighted by Gasteiger charge is -1.99. The molecule has 6 heteroatoms. The smallest absolute Gasteiger partial charge is 0.145 e. The van der Waals surface area contributed by atoms with E-state index in [0.29, 0.717) is 11.2 Å². The number of aromatic nitrogens is 3. The van der Waals surface area contributed by atoms with Crippen molar-refractivity contribution in [3.8, 4) is 12.1 Å². The number of allylic oxidation sites excluding steroid dienone is 1. The molecular formula is C11H8N6. The zero-order chi connectivity index (χ0) is 12.3. The molecule has 0 saturated carbocycles. The molecule has 1 aromatic heterocycles. The van der Waals surface area contributed by atoms with Crippen molar-refractivity contribution in [2.24, 2.45) is 7.05 Å². The lowest BCUT2D eigenvalue weighted by atomic mass is 10.2. The van der Waals surface area contributed by atoms with Gasteiger partial charge in [0.2, 0.25) is 0 Å². The topological polar surface area (TPSA) is 90.3 Å².